The van der Waals surface area contributed by atoms with Crippen LogP contribution < -0.4 is 20.3 Å². The van der Waals surface area contributed by atoms with Gasteiger partial charge < -0.3 is 15.0 Å². The number of hydrogen-bond acceptors (Lipinski definition) is 10. The Morgan fingerprint density at radius 1 is 1.11 bits per heavy atom. The van der Waals surface area contributed by atoms with Gasteiger partial charge in [0.25, 0.3) is 0 Å². The van der Waals surface area contributed by atoms with E-state index >= 15 is 0 Å². The zero-order valence-electron chi connectivity index (χ0n) is 18.7. The number of likely N-dealkylation sites (tertiary alicyclic amines) is 1. The molecule has 0 unspecified atom stereocenters. The zero-order chi connectivity index (χ0) is 24.2. The molecule has 2 N–H and O–H groups in total. The van der Waals surface area contributed by atoms with E-state index in [9.17, 15) is 13.6 Å². The van der Waals surface area contributed by atoms with E-state index in [1.165, 1.54) is 23.5 Å². The van der Waals surface area contributed by atoms with E-state index in [-0.39, 0.29) is 17.7 Å². The molecule has 0 aliphatic carbocycles. The van der Waals surface area contributed by atoms with Crippen molar-refractivity contribution in [2.75, 3.05) is 41.7 Å². The van der Waals surface area contributed by atoms with Crippen LogP contribution in [0.25, 0.3) is 0 Å². The van der Waals surface area contributed by atoms with Crippen LogP contribution in [0.4, 0.5) is 24.9 Å². The van der Waals surface area contributed by atoms with Gasteiger partial charge in [-0.15, -0.1) is 15.3 Å². The van der Waals surface area contributed by atoms with Crippen molar-refractivity contribution in [3.8, 4) is 5.75 Å². The normalized spacial score (nSPS) is 18.8. The molecule has 4 heterocycles. The van der Waals surface area contributed by atoms with Crippen LogP contribution in [0, 0.1) is 0 Å². The topological polar surface area (TPSA) is 108 Å². The van der Waals surface area contributed by atoms with Crippen LogP contribution in [-0.2, 0) is 4.79 Å². The monoisotopic (exact) mass is 502 g/mol. The standard InChI is InChI=1S/C22H24F2N8O2S/c23-20(24)34-16-5-1-4-14(12-16)18(31-9-3-10-31)19(33)27-22-30-29-21(35-22)26-15-7-11-32(13-15)17-6-2-8-25-28-17/h1-2,4-6,8,12,15,18,20H,3,7,9-11,13H2,(H,26,29)(H,27,30,33)/t15-,18+/m1/s1. The summed E-state index contributed by atoms with van der Waals surface area (Å²) in [5, 5.41) is 23.5. The number of nitrogens with one attached hydrogen (secondary N) is 2. The fraction of sp³-hybridized carbons (Fsp3) is 0.409. The third-order valence-electron chi connectivity index (χ3n) is 5.96. The van der Waals surface area contributed by atoms with E-state index in [0.29, 0.717) is 15.8 Å². The van der Waals surface area contributed by atoms with E-state index in [0.717, 1.165) is 44.8 Å². The predicted molar refractivity (Wildman–Crippen MR) is 127 cm³/mol. The molecule has 35 heavy (non-hydrogen) atoms. The highest BCUT2D eigenvalue weighted by Crippen LogP contribution is 2.31. The molecule has 0 spiro atoms. The number of hydrogen-bond donors (Lipinski definition) is 2. The number of aromatic nitrogens is 4. The van der Waals surface area contributed by atoms with E-state index < -0.39 is 12.7 Å². The summed E-state index contributed by atoms with van der Waals surface area (Å²) in [6.07, 6.45) is 3.52. The molecule has 2 saturated heterocycles. The lowest BCUT2D eigenvalue weighted by atomic mass is 10.0. The van der Waals surface area contributed by atoms with Gasteiger partial charge in [-0.2, -0.15) is 13.9 Å². The van der Waals surface area contributed by atoms with E-state index in [1.807, 2.05) is 17.0 Å². The van der Waals surface area contributed by atoms with E-state index in [1.54, 1.807) is 18.3 Å². The second kappa shape index (κ2) is 10.4. The number of amides is 1. The summed E-state index contributed by atoms with van der Waals surface area (Å²) in [7, 11) is 0. The molecular formula is C22H24F2N8O2S. The first-order chi connectivity index (χ1) is 17.0. The molecule has 2 aliphatic heterocycles. The number of halogens is 2. The first-order valence-electron chi connectivity index (χ1n) is 11.3. The molecule has 2 aliphatic rings. The molecule has 0 saturated carbocycles. The summed E-state index contributed by atoms with van der Waals surface area (Å²) in [5.41, 5.74) is 0.582. The van der Waals surface area contributed by atoms with Gasteiger partial charge in [-0.3, -0.25) is 15.0 Å². The summed E-state index contributed by atoms with van der Waals surface area (Å²) >= 11 is 1.25. The molecule has 184 valence electrons. The van der Waals surface area contributed by atoms with Gasteiger partial charge in [0.2, 0.25) is 16.2 Å². The molecule has 1 aromatic carbocycles. The predicted octanol–water partition coefficient (Wildman–Crippen LogP) is 3.01. The number of benzene rings is 1. The van der Waals surface area contributed by atoms with Crippen LogP contribution in [-0.4, -0.2) is 70.0 Å². The largest absolute Gasteiger partial charge is 0.435 e. The van der Waals surface area contributed by atoms with Crippen molar-refractivity contribution >= 4 is 33.3 Å². The Morgan fingerprint density at radius 2 is 1.97 bits per heavy atom. The van der Waals surface area contributed by atoms with Crippen molar-refractivity contribution in [3.05, 3.63) is 48.2 Å². The summed E-state index contributed by atoms with van der Waals surface area (Å²) in [4.78, 5) is 17.3. The molecule has 0 radical (unpaired) electrons. The average molecular weight is 503 g/mol. The lowest BCUT2D eigenvalue weighted by Crippen LogP contribution is -2.45. The minimum absolute atomic E-state index is 0.0188. The Balaban J connectivity index is 1.22. The number of anilines is 3. The highest BCUT2D eigenvalue weighted by Gasteiger charge is 2.32. The number of ether oxygens (including phenoxy) is 1. The summed E-state index contributed by atoms with van der Waals surface area (Å²) < 4.78 is 29.8. The Morgan fingerprint density at radius 3 is 2.71 bits per heavy atom. The average Bonchev–Trinajstić information content (AvgIpc) is 3.46. The molecule has 13 heteroatoms. The Kier molecular flexibility index (Phi) is 6.95. The molecule has 0 bridgehead atoms. The van der Waals surface area contributed by atoms with Gasteiger partial charge in [0.15, 0.2) is 5.82 Å². The van der Waals surface area contributed by atoms with Crippen LogP contribution in [0.15, 0.2) is 42.6 Å². The Bertz CT molecular complexity index is 1150. The molecular weight excluding hydrogens is 478 g/mol. The van der Waals surface area contributed by atoms with Crippen molar-refractivity contribution in [2.24, 2.45) is 0 Å². The van der Waals surface area contributed by atoms with E-state index in [4.69, 9.17) is 0 Å². The van der Waals surface area contributed by atoms with Crippen molar-refractivity contribution in [1.29, 1.82) is 0 Å². The Hall–Kier alpha value is -3.45. The maximum atomic E-state index is 13.2. The van der Waals surface area contributed by atoms with Gasteiger partial charge in [0, 0.05) is 38.4 Å². The summed E-state index contributed by atoms with van der Waals surface area (Å²) in [6.45, 7) is 0.162. The quantitative estimate of drug-likeness (QED) is 0.456. The zero-order valence-corrected chi connectivity index (χ0v) is 19.5. The fourth-order valence-corrected chi connectivity index (χ4v) is 4.94. The molecule has 1 amide bonds. The number of nitrogens with zero attached hydrogens (tertiary/aromatic N) is 6. The molecule has 3 aromatic rings. The van der Waals surface area contributed by atoms with Crippen LogP contribution >= 0.6 is 11.3 Å². The van der Waals surface area contributed by atoms with Crippen LogP contribution in [0.2, 0.25) is 0 Å². The van der Waals surface area contributed by atoms with Gasteiger partial charge in [-0.05, 0) is 42.7 Å². The summed E-state index contributed by atoms with van der Waals surface area (Å²) in [6, 6.07) is 9.57. The molecule has 2 atom stereocenters. The van der Waals surface area contributed by atoms with Crippen molar-refractivity contribution in [2.45, 2.75) is 31.5 Å². The highest BCUT2D eigenvalue weighted by molar-refractivity contribution is 7.19. The molecule has 5 rings (SSSR count). The van der Waals surface area contributed by atoms with Crippen LogP contribution in [0.3, 0.4) is 0 Å². The second-order valence-electron chi connectivity index (χ2n) is 8.30. The van der Waals surface area contributed by atoms with Gasteiger partial charge in [-0.25, -0.2) is 0 Å². The Labute approximate surface area is 204 Å². The lowest BCUT2D eigenvalue weighted by molar-refractivity contribution is -0.123. The summed E-state index contributed by atoms with van der Waals surface area (Å²) in [5.74, 6) is 0.559. The number of alkyl halides is 2. The maximum Gasteiger partial charge on any atom is 0.387 e. The highest BCUT2D eigenvalue weighted by atomic mass is 32.1. The van der Waals surface area contributed by atoms with Crippen LogP contribution in [0.1, 0.15) is 24.4 Å². The first kappa shape index (κ1) is 23.3. The third-order valence-corrected chi connectivity index (χ3v) is 6.73. The fourth-order valence-electron chi connectivity index (χ4n) is 4.22. The number of carbonyl (C=O) groups is 1. The van der Waals surface area contributed by atoms with Crippen molar-refractivity contribution in [1.82, 2.24) is 25.3 Å². The maximum absolute atomic E-state index is 13.2. The van der Waals surface area contributed by atoms with Gasteiger partial charge in [0.1, 0.15) is 11.8 Å². The van der Waals surface area contributed by atoms with Crippen molar-refractivity contribution in [3.63, 3.8) is 0 Å². The minimum Gasteiger partial charge on any atom is -0.435 e. The molecule has 2 aromatic heterocycles. The van der Waals surface area contributed by atoms with Crippen LogP contribution in [0.5, 0.6) is 5.75 Å². The first-order valence-corrected chi connectivity index (χ1v) is 12.1. The van der Waals surface area contributed by atoms with Gasteiger partial charge >= 0.3 is 6.61 Å². The number of carbonyl (C=O) groups excluding carboxylic acids is 1. The lowest BCUT2D eigenvalue weighted by Gasteiger charge is -2.37. The molecule has 2 fully saturated rings. The van der Waals surface area contributed by atoms with E-state index in [2.05, 4.69) is 40.7 Å². The van der Waals surface area contributed by atoms with Gasteiger partial charge in [0.05, 0.1) is 0 Å². The smallest absolute Gasteiger partial charge is 0.387 e. The van der Waals surface area contributed by atoms with Gasteiger partial charge in [-0.1, -0.05) is 23.5 Å². The minimum atomic E-state index is -2.93. The van der Waals surface area contributed by atoms with Crippen molar-refractivity contribution < 1.29 is 18.3 Å². The molecule has 10 nitrogen and oxygen atoms in total. The number of rotatable bonds is 9. The third kappa shape index (κ3) is 5.62. The second-order valence-corrected chi connectivity index (χ2v) is 9.28. The SMILES string of the molecule is O=C(Nc1nnc(N[C@@H]2CCN(c3cccnn3)C2)s1)[C@H](c1cccc(OC(F)F)c1)N1CCC1.